The van der Waals surface area contributed by atoms with Gasteiger partial charge in [0.15, 0.2) is 0 Å². The van der Waals surface area contributed by atoms with Crippen molar-refractivity contribution >= 4 is 11.8 Å². The van der Waals surface area contributed by atoms with Crippen molar-refractivity contribution in [3.63, 3.8) is 0 Å². The van der Waals surface area contributed by atoms with E-state index in [0.29, 0.717) is 5.92 Å². The monoisotopic (exact) mass is 385 g/mol. The van der Waals surface area contributed by atoms with Gasteiger partial charge in [-0.2, -0.15) is 0 Å². The summed E-state index contributed by atoms with van der Waals surface area (Å²) in [7, 11) is 5.76. The summed E-state index contributed by atoms with van der Waals surface area (Å²) < 4.78 is 0. The van der Waals surface area contributed by atoms with Crippen LogP contribution >= 0.6 is 0 Å². The fourth-order valence-corrected chi connectivity index (χ4v) is 4.98. The maximum Gasteiger partial charge on any atom is 0.253 e. The van der Waals surface area contributed by atoms with E-state index in [0.717, 1.165) is 50.9 Å². The molecule has 0 unspecified atom stereocenters. The Balaban J connectivity index is 1.71. The molecule has 28 heavy (non-hydrogen) atoms. The van der Waals surface area contributed by atoms with Crippen molar-refractivity contribution in [3.05, 3.63) is 35.4 Å². The molecule has 0 aliphatic carbocycles. The molecule has 0 radical (unpaired) electrons. The fraction of sp³-hybridized carbons (Fsp3) is 0.652. The van der Waals surface area contributed by atoms with Gasteiger partial charge in [-0.25, -0.2) is 0 Å². The molecule has 2 aliphatic heterocycles. The lowest BCUT2D eigenvalue weighted by molar-refractivity contribution is -0.144. The number of carbonyl (C=O) groups excluding carboxylic acids is 2. The Morgan fingerprint density at radius 3 is 2.18 bits per heavy atom. The maximum atomic E-state index is 13.0. The van der Waals surface area contributed by atoms with Crippen LogP contribution in [0.4, 0.5) is 0 Å². The minimum Gasteiger partial charge on any atom is -0.347 e. The van der Waals surface area contributed by atoms with Crippen molar-refractivity contribution in [2.45, 2.75) is 51.5 Å². The van der Waals surface area contributed by atoms with Crippen LogP contribution in [0, 0.1) is 5.41 Å². The standard InChI is InChI=1S/C23H35N3O2/c1-17(2)18-7-9-19(10-8-18)21(27)26-15-12-23(13-16-26)11-6-14-25(5)20(23)22(28)24(3)4/h7-10,17,20H,6,11-16H2,1-5H3/t20-/m1/s1. The number of nitrogens with zero attached hydrogens (tertiary/aromatic N) is 3. The van der Waals surface area contributed by atoms with Crippen molar-refractivity contribution < 1.29 is 9.59 Å². The summed E-state index contributed by atoms with van der Waals surface area (Å²) in [5, 5.41) is 0. The normalized spacial score (nSPS) is 22.5. The second-order valence-corrected chi connectivity index (χ2v) is 9.15. The summed E-state index contributed by atoms with van der Waals surface area (Å²) in [6, 6.07) is 7.96. The topological polar surface area (TPSA) is 43.9 Å². The van der Waals surface area contributed by atoms with Gasteiger partial charge in [0, 0.05) is 32.7 Å². The van der Waals surface area contributed by atoms with Gasteiger partial charge in [0.1, 0.15) is 0 Å². The molecule has 2 fully saturated rings. The largest absolute Gasteiger partial charge is 0.347 e. The number of hydrogen-bond donors (Lipinski definition) is 0. The first-order chi connectivity index (χ1) is 13.2. The van der Waals surface area contributed by atoms with Gasteiger partial charge in [0.05, 0.1) is 6.04 Å². The van der Waals surface area contributed by atoms with Gasteiger partial charge in [-0.3, -0.25) is 14.5 Å². The lowest BCUT2D eigenvalue weighted by Gasteiger charge is -2.52. The molecular formula is C23H35N3O2. The average Bonchev–Trinajstić information content (AvgIpc) is 2.68. The third-order valence-electron chi connectivity index (χ3n) is 6.75. The number of hydrogen-bond acceptors (Lipinski definition) is 3. The van der Waals surface area contributed by atoms with E-state index in [1.54, 1.807) is 4.90 Å². The van der Waals surface area contributed by atoms with Crippen LogP contribution in [0.15, 0.2) is 24.3 Å². The average molecular weight is 386 g/mol. The predicted molar refractivity (Wildman–Crippen MR) is 112 cm³/mol. The highest BCUT2D eigenvalue weighted by atomic mass is 16.2. The minimum absolute atomic E-state index is 0.00731. The van der Waals surface area contributed by atoms with E-state index in [2.05, 4.69) is 37.9 Å². The van der Waals surface area contributed by atoms with Gasteiger partial charge >= 0.3 is 0 Å². The highest BCUT2D eigenvalue weighted by Gasteiger charge is 2.49. The quantitative estimate of drug-likeness (QED) is 0.802. The third kappa shape index (κ3) is 3.95. The maximum absolute atomic E-state index is 13.0. The van der Waals surface area contributed by atoms with Crippen molar-refractivity contribution in [1.82, 2.24) is 14.7 Å². The number of likely N-dealkylation sites (N-methyl/N-ethyl adjacent to an activating group) is 2. The van der Waals surface area contributed by atoms with Gasteiger partial charge < -0.3 is 9.80 Å². The van der Waals surface area contributed by atoms with Crippen LogP contribution in [0.2, 0.25) is 0 Å². The molecule has 1 spiro atoms. The van der Waals surface area contributed by atoms with E-state index in [4.69, 9.17) is 0 Å². The molecule has 5 heteroatoms. The van der Waals surface area contributed by atoms with Crippen molar-refractivity contribution in [2.24, 2.45) is 5.41 Å². The Morgan fingerprint density at radius 2 is 1.64 bits per heavy atom. The smallest absolute Gasteiger partial charge is 0.253 e. The van der Waals surface area contributed by atoms with E-state index in [-0.39, 0.29) is 23.3 Å². The second kappa shape index (κ2) is 8.24. The summed E-state index contributed by atoms with van der Waals surface area (Å²) >= 11 is 0. The molecule has 0 N–H and O–H groups in total. The number of rotatable bonds is 3. The van der Waals surface area contributed by atoms with Crippen molar-refractivity contribution in [3.8, 4) is 0 Å². The molecule has 2 heterocycles. The lowest BCUT2D eigenvalue weighted by Crippen LogP contribution is -2.61. The molecule has 0 aromatic heterocycles. The first kappa shape index (κ1) is 20.8. The zero-order valence-corrected chi connectivity index (χ0v) is 18.1. The van der Waals surface area contributed by atoms with Crippen LogP contribution in [0.3, 0.4) is 0 Å². The van der Waals surface area contributed by atoms with Gasteiger partial charge in [-0.15, -0.1) is 0 Å². The first-order valence-corrected chi connectivity index (χ1v) is 10.6. The van der Waals surface area contributed by atoms with Crippen LogP contribution in [0.5, 0.6) is 0 Å². The molecular weight excluding hydrogens is 350 g/mol. The van der Waals surface area contributed by atoms with Gasteiger partial charge in [0.2, 0.25) is 5.91 Å². The molecule has 0 bridgehead atoms. The van der Waals surface area contributed by atoms with Crippen molar-refractivity contribution in [2.75, 3.05) is 40.8 Å². The van der Waals surface area contributed by atoms with Crippen molar-refractivity contribution in [1.29, 1.82) is 0 Å². The Kier molecular flexibility index (Phi) is 6.13. The molecule has 1 aromatic carbocycles. The summed E-state index contributed by atoms with van der Waals surface area (Å²) in [5.41, 5.74) is 2.01. The molecule has 3 rings (SSSR count). The Hall–Kier alpha value is -1.88. The highest BCUT2D eigenvalue weighted by Crippen LogP contribution is 2.44. The summed E-state index contributed by atoms with van der Waals surface area (Å²) in [6.07, 6.45) is 4.00. The molecule has 0 saturated carbocycles. The molecule has 2 amide bonds. The van der Waals surface area contributed by atoms with E-state index in [1.807, 2.05) is 31.1 Å². The van der Waals surface area contributed by atoms with Gasteiger partial charge in [0.25, 0.3) is 5.91 Å². The molecule has 5 nitrogen and oxygen atoms in total. The van der Waals surface area contributed by atoms with E-state index >= 15 is 0 Å². The van der Waals surface area contributed by atoms with Crippen LogP contribution in [-0.4, -0.2) is 73.3 Å². The fourth-order valence-electron chi connectivity index (χ4n) is 4.98. The van der Waals surface area contributed by atoms with Crippen LogP contribution < -0.4 is 0 Å². The zero-order valence-electron chi connectivity index (χ0n) is 18.1. The number of carbonyl (C=O) groups is 2. The molecule has 1 atom stereocenters. The van der Waals surface area contributed by atoms with Crippen LogP contribution in [0.1, 0.15) is 61.4 Å². The third-order valence-corrected chi connectivity index (χ3v) is 6.75. The van der Waals surface area contributed by atoms with Crippen LogP contribution in [0.25, 0.3) is 0 Å². The Labute approximate surface area is 169 Å². The first-order valence-electron chi connectivity index (χ1n) is 10.6. The molecule has 2 saturated heterocycles. The molecule has 2 aliphatic rings. The lowest BCUT2D eigenvalue weighted by atomic mass is 9.66. The number of piperidine rings is 2. The predicted octanol–water partition coefficient (Wildman–Crippen LogP) is 3.21. The Bertz CT molecular complexity index is 703. The van der Waals surface area contributed by atoms with Gasteiger partial charge in [-0.1, -0.05) is 26.0 Å². The molecule has 1 aromatic rings. The number of amides is 2. The second-order valence-electron chi connectivity index (χ2n) is 9.15. The zero-order chi connectivity index (χ0) is 20.5. The van der Waals surface area contributed by atoms with Gasteiger partial charge in [-0.05, 0) is 68.3 Å². The Morgan fingerprint density at radius 1 is 1.04 bits per heavy atom. The summed E-state index contributed by atoms with van der Waals surface area (Å²) in [6.45, 7) is 6.75. The molecule has 154 valence electrons. The van der Waals surface area contributed by atoms with E-state index < -0.39 is 0 Å². The van der Waals surface area contributed by atoms with Crippen LogP contribution in [-0.2, 0) is 4.79 Å². The van der Waals surface area contributed by atoms with E-state index in [1.165, 1.54) is 5.56 Å². The van der Waals surface area contributed by atoms with E-state index in [9.17, 15) is 9.59 Å². The number of benzene rings is 1. The highest BCUT2D eigenvalue weighted by molar-refractivity contribution is 5.94. The SMILES string of the molecule is CC(C)c1ccc(C(=O)N2CCC3(CCCN(C)[C@@H]3C(=O)N(C)C)CC2)cc1. The number of likely N-dealkylation sites (tertiary alicyclic amines) is 2. The summed E-state index contributed by atoms with van der Waals surface area (Å²) in [4.78, 5) is 31.8. The summed E-state index contributed by atoms with van der Waals surface area (Å²) in [5.74, 6) is 0.782. The minimum atomic E-state index is -0.0705.